The number of rotatable bonds is 10. The molecule has 0 bridgehead atoms. The Kier molecular flexibility index (Phi) is 10.8. The maximum Gasteiger partial charge on any atom is 0.143 e. The minimum absolute atomic E-state index is 0.896. The van der Waals surface area contributed by atoms with Gasteiger partial charge in [-0.3, -0.25) is 0 Å². The predicted octanol–water partition coefficient (Wildman–Crippen LogP) is 20.2. The van der Waals surface area contributed by atoms with E-state index in [0.717, 1.165) is 89.2 Å². The standard InChI is InChI=1S/C72H48N2O/c1-3-17-49(18-4-1)51-33-35-52(36-34-51)55-21-15-22-59(47-55)73(57-42-37-53(38-43-57)60-23-7-8-24-62(60)66-28-16-29-67-65-27-11-14-32-71(65)75-72(66)67)58-44-39-54(40-45-58)61-46-41-56(50-19-5-2-6-20-50)48-70(61)74-68-30-12-9-25-63(68)64-26-10-13-31-69(64)74/h1-48H. The fourth-order valence-corrected chi connectivity index (χ4v) is 11.2. The van der Waals surface area contributed by atoms with Crippen molar-refractivity contribution in [2.75, 3.05) is 4.90 Å². The Bertz CT molecular complexity index is 4320. The van der Waals surface area contributed by atoms with Crippen LogP contribution >= 0.6 is 0 Å². The summed E-state index contributed by atoms with van der Waals surface area (Å²) in [6, 6.07) is 105. The number of hydrogen-bond donors (Lipinski definition) is 0. The maximum absolute atomic E-state index is 6.56. The molecule has 0 N–H and O–H groups in total. The summed E-state index contributed by atoms with van der Waals surface area (Å²) in [6.07, 6.45) is 0. The fraction of sp³-hybridized carbons (Fsp3) is 0. The van der Waals surface area contributed by atoms with Crippen molar-refractivity contribution in [2.45, 2.75) is 0 Å². The first-order chi connectivity index (χ1) is 37.2. The van der Waals surface area contributed by atoms with Gasteiger partial charge in [-0.05, 0) is 116 Å². The highest BCUT2D eigenvalue weighted by atomic mass is 16.3. The van der Waals surface area contributed by atoms with Crippen LogP contribution in [0.3, 0.4) is 0 Å². The largest absolute Gasteiger partial charge is 0.455 e. The second-order valence-corrected chi connectivity index (χ2v) is 19.2. The second-order valence-electron chi connectivity index (χ2n) is 19.2. The molecule has 2 aromatic heterocycles. The molecule has 0 saturated heterocycles. The third-order valence-electron chi connectivity index (χ3n) is 14.9. The van der Waals surface area contributed by atoms with Crippen LogP contribution in [0.2, 0.25) is 0 Å². The van der Waals surface area contributed by atoms with Crippen LogP contribution in [-0.2, 0) is 0 Å². The lowest BCUT2D eigenvalue weighted by Crippen LogP contribution is -2.10. The zero-order valence-corrected chi connectivity index (χ0v) is 41.0. The summed E-state index contributed by atoms with van der Waals surface area (Å²) in [5.41, 5.74) is 22.3. The SMILES string of the molecule is c1ccc(-c2ccc(-c3cccc(N(c4ccc(-c5ccccc5-c5cccc6c5oc5ccccc56)cc4)c4ccc(-c5ccc(-c6ccccc6)cc5-n5c6ccccc6c6ccccc65)cc4)c3)cc2)cc1. The van der Waals surface area contributed by atoms with E-state index in [4.69, 9.17) is 4.42 Å². The molecule has 0 unspecified atom stereocenters. The lowest BCUT2D eigenvalue weighted by Gasteiger charge is -2.27. The van der Waals surface area contributed by atoms with Crippen LogP contribution in [0.1, 0.15) is 0 Å². The summed E-state index contributed by atoms with van der Waals surface area (Å²) >= 11 is 0. The molecule has 0 fully saturated rings. The lowest BCUT2D eigenvalue weighted by molar-refractivity contribution is 0.670. The van der Waals surface area contributed by atoms with Crippen LogP contribution in [0.25, 0.3) is 116 Å². The molecular weight excluding hydrogens is 909 g/mol. The maximum atomic E-state index is 6.56. The first-order valence-corrected chi connectivity index (χ1v) is 25.6. The Morgan fingerprint density at radius 3 is 1.36 bits per heavy atom. The van der Waals surface area contributed by atoms with Gasteiger partial charge >= 0.3 is 0 Å². The van der Waals surface area contributed by atoms with E-state index in [0.29, 0.717) is 0 Å². The van der Waals surface area contributed by atoms with Crippen molar-refractivity contribution in [3.63, 3.8) is 0 Å². The van der Waals surface area contributed by atoms with Gasteiger partial charge in [0.05, 0.1) is 16.7 Å². The average molecular weight is 957 g/mol. The van der Waals surface area contributed by atoms with Gasteiger partial charge in [-0.25, -0.2) is 0 Å². The van der Waals surface area contributed by atoms with Crippen LogP contribution in [0.5, 0.6) is 0 Å². The monoisotopic (exact) mass is 956 g/mol. The highest BCUT2D eigenvalue weighted by Crippen LogP contribution is 2.44. The summed E-state index contributed by atoms with van der Waals surface area (Å²) in [7, 11) is 0. The van der Waals surface area contributed by atoms with E-state index < -0.39 is 0 Å². The van der Waals surface area contributed by atoms with Gasteiger partial charge in [-0.1, -0.05) is 231 Å². The van der Waals surface area contributed by atoms with E-state index in [-0.39, 0.29) is 0 Å². The van der Waals surface area contributed by atoms with Crippen LogP contribution < -0.4 is 4.90 Å². The van der Waals surface area contributed by atoms with Gasteiger partial charge in [0, 0.05) is 49.7 Å². The van der Waals surface area contributed by atoms with Crippen LogP contribution in [0.4, 0.5) is 17.1 Å². The van der Waals surface area contributed by atoms with Crippen LogP contribution in [0, 0.1) is 0 Å². The molecule has 0 amide bonds. The predicted molar refractivity (Wildman–Crippen MR) is 315 cm³/mol. The summed E-state index contributed by atoms with van der Waals surface area (Å²) in [5, 5.41) is 4.73. The number of benzene rings is 12. The fourth-order valence-electron chi connectivity index (χ4n) is 11.2. The zero-order valence-electron chi connectivity index (χ0n) is 41.0. The van der Waals surface area contributed by atoms with Crippen LogP contribution in [-0.4, -0.2) is 4.57 Å². The van der Waals surface area contributed by atoms with E-state index in [9.17, 15) is 0 Å². The molecule has 75 heavy (non-hydrogen) atoms. The van der Waals surface area contributed by atoms with Gasteiger partial charge in [0.1, 0.15) is 11.2 Å². The number of para-hydroxylation sites is 4. The minimum Gasteiger partial charge on any atom is -0.455 e. The third-order valence-corrected chi connectivity index (χ3v) is 14.9. The van der Waals surface area contributed by atoms with Crippen molar-refractivity contribution in [1.82, 2.24) is 4.57 Å². The second kappa shape index (κ2) is 18.6. The average Bonchev–Trinajstić information content (AvgIpc) is 4.06. The van der Waals surface area contributed by atoms with Gasteiger partial charge in [0.15, 0.2) is 0 Å². The quantitative estimate of drug-likeness (QED) is 0.136. The smallest absolute Gasteiger partial charge is 0.143 e. The van der Waals surface area contributed by atoms with Gasteiger partial charge in [-0.15, -0.1) is 0 Å². The van der Waals surface area contributed by atoms with Gasteiger partial charge < -0.3 is 13.9 Å². The molecule has 3 nitrogen and oxygen atoms in total. The van der Waals surface area contributed by atoms with Crippen LogP contribution in [0.15, 0.2) is 296 Å². The molecule has 0 aliphatic carbocycles. The Hall–Kier alpha value is -9.96. The molecule has 0 atom stereocenters. The molecule has 0 saturated carbocycles. The number of nitrogens with zero attached hydrogens (tertiary/aromatic N) is 2. The molecule has 0 radical (unpaired) electrons. The van der Waals surface area contributed by atoms with E-state index in [1.807, 2.05) is 12.1 Å². The zero-order chi connectivity index (χ0) is 49.7. The van der Waals surface area contributed by atoms with Gasteiger partial charge in [-0.2, -0.15) is 0 Å². The van der Waals surface area contributed by atoms with Crippen molar-refractivity contribution in [1.29, 1.82) is 0 Å². The summed E-state index contributed by atoms with van der Waals surface area (Å²) < 4.78 is 9.00. The van der Waals surface area contributed by atoms with Crippen molar-refractivity contribution >= 4 is 60.8 Å². The summed E-state index contributed by atoms with van der Waals surface area (Å²) in [4.78, 5) is 2.38. The topological polar surface area (TPSA) is 21.3 Å². The molecule has 352 valence electrons. The van der Waals surface area contributed by atoms with Crippen molar-refractivity contribution in [3.05, 3.63) is 291 Å². The Morgan fingerprint density at radius 1 is 0.253 bits per heavy atom. The lowest BCUT2D eigenvalue weighted by atomic mass is 9.93. The number of aromatic nitrogens is 1. The molecule has 14 aromatic rings. The van der Waals surface area contributed by atoms with E-state index in [2.05, 4.69) is 289 Å². The first kappa shape index (κ1) is 43.8. The minimum atomic E-state index is 0.896. The number of fused-ring (bicyclic) bond motifs is 6. The summed E-state index contributed by atoms with van der Waals surface area (Å²) in [6.45, 7) is 0. The Balaban J connectivity index is 0.885. The van der Waals surface area contributed by atoms with Gasteiger partial charge in [0.25, 0.3) is 0 Å². The molecule has 12 aromatic carbocycles. The van der Waals surface area contributed by atoms with Gasteiger partial charge in [0.2, 0.25) is 0 Å². The molecular formula is C72H48N2O. The molecule has 0 aliphatic rings. The highest BCUT2D eigenvalue weighted by molar-refractivity contribution is 6.11. The molecule has 3 heteroatoms. The van der Waals surface area contributed by atoms with E-state index in [1.54, 1.807) is 0 Å². The van der Waals surface area contributed by atoms with Crippen molar-refractivity contribution in [3.8, 4) is 72.4 Å². The highest BCUT2D eigenvalue weighted by Gasteiger charge is 2.20. The molecule has 0 spiro atoms. The third kappa shape index (κ3) is 7.86. The molecule has 14 rings (SSSR count). The Labute approximate surface area is 436 Å². The number of anilines is 3. The molecule has 0 aliphatic heterocycles. The Morgan fingerprint density at radius 2 is 0.693 bits per heavy atom. The number of furan rings is 1. The summed E-state index contributed by atoms with van der Waals surface area (Å²) in [5.74, 6) is 0. The first-order valence-electron chi connectivity index (χ1n) is 25.6. The van der Waals surface area contributed by atoms with Crippen molar-refractivity contribution < 1.29 is 4.42 Å². The van der Waals surface area contributed by atoms with E-state index >= 15 is 0 Å². The van der Waals surface area contributed by atoms with E-state index in [1.165, 1.54) is 44.1 Å². The van der Waals surface area contributed by atoms with Crippen molar-refractivity contribution in [2.24, 2.45) is 0 Å². The molecule has 2 heterocycles. The normalized spacial score (nSPS) is 11.5. The number of hydrogen-bond acceptors (Lipinski definition) is 2.